The molecule has 0 aliphatic rings. The lowest BCUT2D eigenvalue weighted by Gasteiger charge is -2.11. The molecular weight excluding hydrogens is 488 g/mol. The zero-order valence-corrected chi connectivity index (χ0v) is 19.0. The molecule has 3 aromatic carbocycles. The number of aromatic amines is 1. The summed E-state index contributed by atoms with van der Waals surface area (Å²) in [5, 5.41) is 11.0. The lowest BCUT2D eigenvalue weighted by atomic mass is 10.2. The molecule has 6 nitrogen and oxygen atoms in total. The van der Waals surface area contributed by atoms with Crippen LogP contribution in [0.1, 0.15) is 5.56 Å². The summed E-state index contributed by atoms with van der Waals surface area (Å²) >= 11 is 17.1. The minimum absolute atomic E-state index is 0.0848. The van der Waals surface area contributed by atoms with Crippen LogP contribution in [-0.4, -0.2) is 20.9 Å². The van der Waals surface area contributed by atoms with Crippen LogP contribution in [0.3, 0.4) is 0 Å². The third kappa shape index (κ3) is 4.98. The zero-order chi connectivity index (χ0) is 23.5. The second-order valence-corrected chi connectivity index (χ2v) is 7.92. The summed E-state index contributed by atoms with van der Waals surface area (Å²) in [6.07, 6.45) is 1.20. The molecule has 0 fully saturated rings. The van der Waals surface area contributed by atoms with Gasteiger partial charge in [-0.3, -0.25) is 19.3 Å². The summed E-state index contributed by atoms with van der Waals surface area (Å²) in [6, 6.07) is 17.6. The van der Waals surface area contributed by atoms with Gasteiger partial charge in [0.15, 0.2) is 4.77 Å². The van der Waals surface area contributed by atoms with Crippen molar-refractivity contribution in [2.75, 3.05) is 0 Å². The molecule has 0 saturated heterocycles. The molecule has 0 saturated carbocycles. The highest BCUT2D eigenvalue weighted by atomic mass is 35.5. The van der Waals surface area contributed by atoms with E-state index in [1.54, 1.807) is 42.5 Å². The Bertz CT molecular complexity index is 1480. The Labute approximate surface area is 202 Å². The number of para-hydroxylation sites is 1. The highest BCUT2D eigenvalue weighted by Crippen LogP contribution is 2.30. The van der Waals surface area contributed by atoms with Crippen LogP contribution in [0.15, 0.2) is 76.5 Å². The molecule has 0 aliphatic carbocycles. The zero-order valence-electron chi connectivity index (χ0n) is 16.6. The maximum atomic E-state index is 13.5. The van der Waals surface area contributed by atoms with E-state index in [0.29, 0.717) is 22.2 Å². The Kier molecular flexibility index (Phi) is 6.60. The van der Waals surface area contributed by atoms with Crippen molar-refractivity contribution in [2.24, 2.45) is 4.99 Å². The topological polar surface area (TPSA) is 79.6 Å². The van der Waals surface area contributed by atoms with E-state index in [-0.39, 0.29) is 21.0 Å². The van der Waals surface area contributed by atoms with Crippen LogP contribution >= 0.6 is 35.4 Å². The fraction of sp³-hybridized carbons (Fsp3) is 0. The van der Waals surface area contributed by atoms with Gasteiger partial charge in [-0.05, 0) is 66.8 Å². The lowest BCUT2D eigenvalue weighted by molar-refractivity contribution is 0.432. The highest BCUT2D eigenvalue weighted by molar-refractivity contribution is 7.71. The van der Waals surface area contributed by atoms with Crippen LogP contribution in [0.25, 0.3) is 5.69 Å². The number of aromatic hydroxyl groups is 1. The fourth-order valence-electron chi connectivity index (χ4n) is 2.91. The minimum Gasteiger partial charge on any atom is -0.494 e. The van der Waals surface area contributed by atoms with E-state index in [4.69, 9.17) is 40.2 Å². The summed E-state index contributed by atoms with van der Waals surface area (Å²) in [7, 11) is 0. The molecule has 4 rings (SSSR count). The Morgan fingerprint density at radius 1 is 1.06 bits per heavy atom. The van der Waals surface area contributed by atoms with Crippen LogP contribution in [0, 0.1) is 10.6 Å². The average molecular weight is 502 g/mol. The Balaban J connectivity index is 1.63. The number of hydrogen-bond acceptors (Lipinski definition) is 5. The summed E-state index contributed by atoms with van der Waals surface area (Å²) in [5.41, 5.74) is -0.000155. The van der Waals surface area contributed by atoms with Gasteiger partial charge in [0.2, 0.25) is 5.88 Å². The molecule has 0 atom stereocenters. The molecule has 2 N–H and O–H groups in total. The van der Waals surface area contributed by atoms with Gasteiger partial charge in [-0.25, -0.2) is 4.39 Å². The number of hydrogen-bond donors (Lipinski definition) is 2. The summed E-state index contributed by atoms with van der Waals surface area (Å²) < 4.78 is 20.3. The number of nitrogens with zero attached hydrogens (tertiary/aromatic N) is 2. The van der Waals surface area contributed by atoms with E-state index in [0.717, 1.165) is 10.6 Å². The number of halogens is 3. The van der Waals surface area contributed by atoms with Crippen molar-refractivity contribution in [1.82, 2.24) is 9.55 Å². The molecule has 4 aromatic rings. The number of aliphatic imine (C=N–C) groups is 1. The first kappa shape index (κ1) is 22.7. The van der Waals surface area contributed by atoms with Gasteiger partial charge in [-0.2, -0.15) is 0 Å². The molecule has 10 heteroatoms. The number of rotatable bonds is 5. The van der Waals surface area contributed by atoms with Crippen LogP contribution < -0.4 is 10.3 Å². The van der Waals surface area contributed by atoms with Crippen molar-refractivity contribution in [2.45, 2.75) is 0 Å². The molecule has 0 spiro atoms. The number of ether oxygens (including phenoxy) is 1. The smallest absolute Gasteiger partial charge is 0.264 e. The van der Waals surface area contributed by atoms with E-state index in [1.165, 1.54) is 18.3 Å². The van der Waals surface area contributed by atoms with Gasteiger partial charge >= 0.3 is 0 Å². The van der Waals surface area contributed by atoms with Gasteiger partial charge in [-0.15, -0.1) is 0 Å². The molecule has 0 amide bonds. The van der Waals surface area contributed by atoms with E-state index < -0.39 is 17.3 Å². The Morgan fingerprint density at radius 3 is 2.48 bits per heavy atom. The largest absolute Gasteiger partial charge is 0.494 e. The molecule has 0 radical (unpaired) electrons. The predicted molar refractivity (Wildman–Crippen MR) is 129 cm³/mol. The molecule has 33 heavy (non-hydrogen) atoms. The summed E-state index contributed by atoms with van der Waals surface area (Å²) in [5.74, 6) is -0.0287. The average Bonchev–Trinajstić information content (AvgIpc) is 2.78. The van der Waals surface area contributed by atoms with Gasteiger partial charge in [0.05, 0.1) is 21.4 Å². The van der Waals surface area contributed by atoms with E-state index in [1.807, 2.05) is 6.07 Å². The molecule has 0 bridgehead atoms. The maximum Gasteiger partial charge on any atom is 0.264 e. The predicted octanol–water partition coefficient (Wildman–Crippen LogP) is 6.59. The van der Waals surface area contributed by atoms with Crippen LogP contribution in [-0.2, 0) is 0 Å². The first-order valence-electron chi connectivity index (χ1n) is 9.44. The van der Waals surface area contributed by atoms with Crippen LogP contribution in [0.4, 0.5) is 10.1 Å². The molecule has 1 heterocycles. The second-order valence-electron chi connectivity index (χ2n) is 6.71. The van der Waals surface area contributed by atoms with E-state index in [9.17, 15) is 14.3 Å². The molecule has 1 aromatic heterocycles. The van der Waals surface area contributed by atoms with Crippen molar-refractivity contribution in [3.05, 3.63) is 103 Å². The third-order valence-electron chi connectivity index (χ3n) is 4.53. The number of nitrogens with one attached hydrogen (secondary N) is 1. The van der Waals surface area contributed by atoms with Crippen LogP contribution in [0.5, 0.6) is 17.4 Å². The number of benzene rings is 3. The Morgan fingerprint density at radius 2 is 1.79 bits per heavy atom. The summed E-state index contributed by atoms with van der Waals surface area (Å²) in [4.78, 5) is 19.1. The quantitative estimate of drug-likeness (QED) is 0.238. The lowest BCUT2D eigenvalue weighted by Crippen LogP contribution is -2.18. The maximum absolute atomic E-state index is 13.5. The van der Waals surface area contributed by atoms with Gasteiger partial charge < -0.3 is 9.84 Å². The molecule has 166 valence electrons. The van der Waals surface area contributed by atoms with Gasteiger partial charge in [0.1, 0.15) is 22.9 Å². The van der Waals surface area contributed by atoms with Crippen molar-refractivity contribution in [3.63, 3.8) is 0 Å². The molecule has 0 aliphatic heterocycles. The Hall–Kier alpha value is -3.46. The molecular formula is C23H14Cl2FN3O3S. The van der Waals surface area contributed by atoms with Crippen molar-refractivity contribution in [1.29, 1.82) is 0 Å². The highest BCUT2D eigenvalue weighted by Gasteiger charge is 2.14. The first-order chi connectivity index (χ1) is 15.8. The van der Waals surface area contributed by atoms with Crippen molar-refractivity contribution in [3.8, 4) is 23.1 Å². The molecule has 0 unspecified atom stereocenters. The number of aromatic nitrogens is 2. The minimum atomic E-state index is -0.635. The van der Waals surface area contributed by atoms with Gasteiger partial charge in [-0.1, -0.05) is 35.3 Å². The summed E-state index contributed by atoms with van der Waals surface area (Å²) in [6.45, 7) is 0. The second kappa shape index (κ2) is 9.58. The normalized spacial score (nSPS) is 11.1. The van der Waals surface area contributed by atoms with Gasteiger partial charge in [0, 0.05) is 6.21 Å². The third-order valence-corrected chi connectivity index (χ3v) is 5.41. The van der Waals surface area contributed by atoms with E-state index in [2.05, 4.69) is 9.98 Å². The van der Waals surface area contributed by atoms with Crippen molar-refractivity contribution >= 4 is 47.3 Å². The monoisotopic (exact) mass is 501 g/mol. The van der Waals surface area contributed by atoms with Crippen LogP contribution in [0.2, 0.25) is 10.0 Å². The standard InChI is InChI=1S/C23H14Cl2FN3O3S/c24-17-3-1-2-4-20(17)32-15-8-5-13(6-9-15)27-12-16-21(30)28-23(33)29(22(16)31)14-7-10-19(26)18(25)11-14/h1-12,31H,(H,28,30,33). The van der Waals surface area contributed by atoms with E-state index >= 15 is 0 Å². The SMILES string of the molecule is O=c1[nH]c(=S)n(-c2ccc(F)c(Cl)c2)c(O)c1C=Nc1ccc(Oc2ccccc2Cl)cc1. The number of H-pyrrole nitrogens is 1. The van der Waals surface area contributed by atoms with Gasteiger partial charge in [0.25, 0.3) is 5.56 Å². The first-order valence-corrected chi connectivity index (χ1v) is 10.6. The van der Waals surface area contributed by atoms with Crippen molar-refractivity contribution < 1.29 is 14.2 Å². The fourth-order valence-corrected chi connectivity index (χ4v) is 3.55.